The fourth-order valence-electron chi connectivity index (χ4n) is 1.54. The van der Waals surface area contributed by atoms with Gasteiger partial charge in [0.2, 0.25) is 5.91 Å². The van der Waals surface area contributed by atoms with Crippen LogP contribution in [0.2, 0.25) is 10.0 Å². The predicted octanol–water partition coefficient (Wildman–Crippen LogP) is 1.75. The monoisotopic (exact) mass is 304 g/mol. The summed E-state index contributed by atoms with van der Waals surface area (Å²) in [6.07, 6.45) is -0.405. The van der Waals surface area contributed by atoms with E-state index in [9.17, 15) is 9.59 Å². The topological polar surface area (TPSA) is 83.6 Å². The Morgan fingerprint density at radius 2 is 2.05 bits per heavy atom. The van der Waals surface area contributed by atoms with Gasteiger partial charge < -0.3 is 15.7 Å². The molecular weight excluding hydrogens is 291 g/mol. The second-order valence-corrected chi connectivity index (χ2v) is 4.98. The van der Waals surface area contributed by atoms with Crippen LogP contribution in [0.1, 0.15) is 12.0 Å². The van der Waals surface area contributed by atoms with Crippen molar-refractivity contribution in [1.29, 1.82) is 0 Å². The van der Waals surface area contributed by atoms with Crippen LogP contribution >= 0.6 is 23.2 Å². The van der Waals surface area contributed by atoms with Crippen molar-refractivity contribution >= 4 is 35.1 Å². The molecule has 1 aromatic carbocycles. The first-order valence-corrected chi connectivity index (χ1v) is 6.23. The highest BCUT2D eigenvalue weighted by Crippen LogP contribution is 2.22. The molecule has 0 aromatic heterocycles. The van der Waals surface area contributed by atoms with Gasteiger partial charge in [0.15, 0.2) is 0 Å². The van der Waals surface area contributed by atoms with Crippen LogP contribution in [-0.2, 0) is 16.1 Å². The summed E-state index contributed by atoms with van der Waals surface area (Å²) in [7, 11) is 1.54. The lowest BCUT2D eigenvalue weighted by molar-refractivity contribution is -0.141. The van der Waals surface area contributed by atoms with Crippen molar-refractivity contribution in [2.45, 2.75) is 19.0 Å². The molecule has 0 aliphatic carbocycles. The van der Waals surface area contributed by atoms with Gasteiger partial charge in [-0.1, -0.05) is 29.3 Å². The smallest absolute Gasteiger partial charge is 0.305 e. The number of hydrogen-bond acceptors (Lipinski definition) is 3. The fourth-order valence-corrected chi connectivity index (χ4v) is 2.01. The summed E-state index contributed by atoms with van der Waals surface area (Å²) in [6.45, 7) is 0.238. The molecule has 104 valence electrons. The summed E-state index contributed by atoms with van der Waals surface area (Å²) in [6, 6.07) is 3.89. The lowest BCUT2D eigenvalue weighted by Crippen LogP contribution is -2.42. The zero-order valence-electron chi connectivity index (χ0n) is 10.3. The second-order valence-electron chi connectivity index (χ2n) is 4.13. The van der Waals surface area contributed by atoms with Crippen molar-refractivity contribution < 1.29 is 14.7 Å². The molecular formula is C12H14Cl2N2O3. The molecule has 0 aliphatic heterocycles. The molecule has 1 atom stereocenters. The third-order valence-corrected chi connectivity index (χ3v) is 3.10. The number of carbonyl (C=O) groups is 2. The van der Waals surface area contributed by atoms with Crippen LogP contribution in [0.15, 0.2) is 18.2 Å². The molecule has 0 fully saturated rings. The van der Waals surface area contributed by atoms with Crippen molar-refractivity contribution in [1.82, 2.24) is 4.90 Å². The molecule has 5 nitrogen and oxygen atoms in total. The maximum atomic E-state index is 11.8. The van der Waals surface area contributed by atoms with Crippen LogP contribution in [0.3, 0.4) is 0 Å². The Kier molecular flexibility index (Phi) is 5.60. The maximum absolute atomic E-state index is 11.8. The van der Waals surface area contributed by atoms with E-state index >= 15 is 0 Å². The molecule has 0 saturated heterocycles. The van der Waals surface area contributed by atoms with E-state index in [0.29, 0.717) is 15.6 Å². The third-order valence-electron chi connectivity index (χ3n) is 2.51. The van der Waals surface area contributed by atoms with E-state index in [1.165, 1.54) is 11.9 Å². The SMILES string of the molecule is CN(Cc1ccc(Cl)cc1Cl)C(=O)C(N)CC(=O)O. The number of halogens is 2. The predicted molar refractivity (Wildman–Crippen MR) is 73.2 cm³/mol. The summed E-state index contributed by atoms with van der Waals surface area (Å²) < 4.78 is 0. The Bertz CT molecular complexity index is 494. The summed E-state index contributed by atoms with van der Waals surface area (Å²) in [4.78, 5) is 23.7. The minimum Gasteiger partial charge on any atom is -0.481 e. The number of rotatable bonds is 5. The molecule has 0 bridgehead atoms. The lowest BCUT2D eigenvalue weighted by Gasteiger charge is -2.21. The summed E-state index contributed by atoms with van der Waals surface area (Å²) in [5.74, 6) is -1.56. The first kappa shape index (κ1) is 15.8. The second kappa shape index (κ2) is 6.75. The van der Waals surface area contributed by atoms with Gasteiger partial charge in [0, 0.05) is 23.6 Å². The number of hydrogen-bond donors (Lipinski definition) is 2. The molecule has 1 unspecified atom stereocenters. The summed E-state index contributed by atoms with van der Waals surface area (Å²) in [5.41, 5.74) is 6.22. The average Bonchev–Trinajstić information content (AvgIpc) is 2.30. The summed E-state index contributed by atoms with van der Waals surface area (Å²) >= 11 is 11.8. The lowest BCUT2D eigenvalue weighted by atomic mass is 10.1. The molecule has 0 saturated carbocycles. The number of carboxylic acid groups (broad SMARTS) is 1. The minimum absolute atomic E-state index is 0.238. The number of carbonyl (C=O) groups excluding carboxylic acids is 1. The Hall–Kier alpha value is -1.30. The highest BCUT2D eigenvalue weighted by molar-refractivity contribution is 6.35. The van der Waals surface area contributed by atoms with Crippen LogP contribution in [0.4, 0.5) is 0 Å². The van der Waals surface area contributed by atoms with Crippen LogP contribution in [0.25, 0.3) is 0 Å². The first-order chi connectivity index (χ1) is 8.81. The van der Waals surface area contributed by atoms with Gasteiger partial charge in [0.05, 0.1) is 12.5 Å². The highest BCUT2D eigenvalue weighted by atomic mass is 35.5. The Balaban J connectivity index is 2.70. The van der Waals surface area contributed by atoms with Crippen molar-refractivity contribution in [3.8, 4) is 0 Å². The summed E-state index contributed by atoms with van der Waals surface area (Å²) in [5, 5.41) is 9.54. The van der Waals surface area contributed by atoms with Gasteiger partial charge in [-0.3, -0.25) is 9.59 Å². The Morgan fingerprint density at radius 1 is 1.42 bits per heavy atom. The van der Waals surface area contributed by atoms with Crippen molar-refractivity contribution in [3.63, 3.8) is 0 Å². The largest absolute Gasteiger partial charge is 0.481 e. The molecule has 1 amide bonds. The average molecular weight is 305 g/mol. The van der Waals surface area contributed by atoms with Gasteiger partial charge in [0.25, 0.3) is 0 Å². The molecule has 1 rings (SSSR count). The van der Waals surface area contributed by atoms with Gasteiger partial charge in [-0.15, -0.1) is 0 Å². The van der Waals surface area contributed by atoms with Crippen LogP contribution in [0.5, 0.6) is 0 Å². The number of likely N-dealkylation sites (N-methyl/N-ethyl adjacent to an activating group) is 1. The number of nitrogens with two attached hydrogens (primary N) is 1. The van der Waals surface area contributed by atoms with Crippen LogP contribution < -0.4 is 5.73 Å². The fraction of sp³-hybridized carbons (Fsp3) is 0.333. The highest BCUT2D eigenvalue weighted by Gasteiger charge is 2.21. The first-order valence-electron chi connectivity index (χ1n) is 5.47. The van der Waals surface area contributed by atoms with Gasteiger partial charge >= 0.3 is 5.97 Å². The van der Waals surface area contributed by atoms with E-state index in [1.54, 1.807) is 18.2 Å². The van der Waals surface area contributed by atoms with Crippen molar-refractivity contribution in [2.75, 3.05) is 7.05 Å². The molecule has 0 heterocycles. The van der Waals surface area contributed by atoms with Crippen molar-refractivity contribution in [3.05, 3.63) is 33.8 Å². The molecule has 0 aliphatic rings. The van der Waals surface area contributed by atoms with Gasteiger partial charge in [0.1, 0.15) is 0 Å². The molecule has 7 heteroatoms. The zero-order chi connectivity index (χ0) is 14.6. The molecule has 3 N–H and O–H groups in total. The third kappa shape index (κ3) is 4.70. The van der Waals surface area contributed by atoms with Crippen molar-refractivity contribution in [2.24, 2.45) is 5.73 Å². The Morgan fingerprint density at radius 3 is 2.58 bits per heavy atom. The number of amides is 1. The zero-order valence-corrected chi connectivity index (χ0v) is 11.8. The maximum Gasteiger partial charge on any atom is 0.305 e. The van der Waals surface area contributed by atoms with E-state index in [1.807, 2.05) is 0 Å². The van der Waals surface area contributed by atoms with Gasteiger partial charge in [-0.05, 0) is 17.7 Å². The van der Waals surface area contributed by atoms with Crippen LogP contribution in [0, 0.1) is 0 Å². The Labute approximate surface area is 120 Å². The van der Waals surface area contributed by atoms with Gasteiger partial charge in [-0.2, -0.15) is 0 Å². The normalized spacial score (nSPS) is 12.0. The molecule has 19 heavy (non-hydrogen) atoms. The number of benzene rings is 1. The minimum atomic E-state index is -1.11. The molecule has 1 aromatic rings. The van der Waals surface area contributed by atoms with E-state index in [2.05, 4.69) is 0 Å². The molecule has 0 radical (unpaired) electrons. The van der Waals surface area contributed by atoms with E-state index in [-0.39, 0.29) is 6.54 Å². The number of nitrogens with zero attached hydrogens (tertiary/aromatic N) is 1. The molecule has 0 spiro atoms. The van der Waals surface area contributed by atoms with E-state index < -0.39 is 24.3 Å². The van der Waals surface area contributed by atoms with E-state index in [4.69, 9.17) is 34.0 Å². The quantitative estimate of drug-likeness (QED) is 0.868. The van der Waals surface area contributed by atoms with Gasteiger partial charge in [-0.25, -0.2) is 0 Å². The number of aliphatic carboxylic acids is 1. The number of carboxylic acids is 1. The standard InChI is InChI=1S/C12H14Cl2N2O3/c1-16(12(19)10(15)5-11(17)18)6-7-2-3-8(13)4-9(7)14/h2-4,10H,5-6,15H2,1H3,(H,17,18). The van der Waals surface area contributed by atoms with Crippen LogP contribution in [-0.4, -0.2) is 35.0 Å². The van der Waals surface area contributed by atoms with E-state index in [0.717, 1.165) is 0 Å².